The van der Waals surface area contributed by atoms with Gasteiger partial charge in [-0.3, -0.25) is 9.59 Å². The Kier molecular flexibility index (Phi) is 22.5. The van der Waals surface area contributed by atoms with Crippen LogP contribution in [0.15, 0.2) is 0 Å². The zero-order valence-corrected chi connectivity index (χ0v) is 19.1. The number of nitrogens with one attached hydrogen (secondary N) is 1. The number of rotatable bonds is 21. The van der Waals surface area contributed by atoms with Crippen LogP contribution in [0.4, 0.5) is 0 Å². The summed E-state index contributed by atoms with van der Waals surface area (Å²) in [7, 11) is 0. The summed E-state index contributed by atoms with van der Waals surface area (Å²) < 4.78 is 0. The zero-order valence-electron chi connectivity index (χ0n) is 19.1. The number of unbranched alkanes of at least 4 members (excludes halogenated alkanes) is 14. The number of carboxylic acids is 2. The summed E-state index contributed by atoms with van der Waals surface area (Å²) in [5.41, 5.74) is 0. The molecule has 0 saturated heterocycles. The Morgan fingerprint density at radius 3 is 1.43 bits per heavy atom. The third-order valence-electron chi connectivity index (χ3n) is 5.29. The highest BCUT2D eigenvalue weighted by Crippen LogP contribution is 2.13. The normalized spacial score (nSPS) is 11.5. The predicted octanol–water partition coefficient (Wildman–Crippen LogP) is 5.84. The summed E-state index contributed by atoms with van der Waals surface area (Å²) in [6.07, 6.45) is 18.8. The first-order valence-corrected chi connectivity index (χ1v) is 11.7. The van der Waals surface area contributed by atoms with Gasteiger partial charge in [0.15, 0.2) is 0 Å². The van der Waals surface area contributed by atoms with E-state index in [-0.39, 0.29) is 24.9 Å². The lowest BCUT2D eigenvalue weighted by molar-refractivity contribution is -0.143. The van der Waals surface area contributed by atoms with E-state index in [0.29, 0.717) is 6.42 Å². The van der Waals surface area contributed by atoms with Gasteiger partial charge in [0.1, 0.15) is 6.04 Å². The van der Waals surface area contributed by atoms with Crippen LogP contribution in [0.5, 0.6) is 0 Å². The van der Waals surface area contributed by atoms with E-state index < -0.39 is 18.0 Å². The molecular formula is C23H46N2O5. The standard InChI is InChI=1S/C23H43NO5.H3N/c1-2-3-4-5-6-7-8-9-10-11-12-13-14-15-16-17-21(25)24-20(23(28)29)18-19-22(26)27;/h20H,2-19H2,1H3,(H,24,25)(H,26,27)(H,28,29);1H3/t20-;/m0./s1. The van der Waals surface area contributed by atoms with Gasteiger partial charge in [0.25, 0.3) is 0 Å². The molecule has 7 nitrogen and oxygen atoms in total. The van der Waals surface area contributed by atoms with Crippen LogP contribution in [0.3, 0.4) is 0 Å². The van der Waals surface area contributed by atoms with E-state index in [9.17, 15) is 14.4 Å². The molecule has 0 aliphatic carbocycles. The molecule has 1 amide bonds. The number of carboxylic acid groups (broad SMARTS) is 2. The van der Waals surface area contributed by atoms with Crippen LogP contribution in [0.2, 0.25) is 0 Å². The Morgan fingerprint density at radius 1 is 0.667 bits per heavy atom. The van der Waals surface area contributed by atoms with Crippen molar-refractivity contribution in [3.05, 3.63) is 0 Å². The van der Waals surface area contributed by atoms with E-state index in [2.05, 4.69) is 12.2 Å². The number of amides is 1. The Hall–Kier alpha value is -1.63. The minimum absolute atomic E-state index is 0. The molecule has 0 aliphatic rings. The first-order valence-electron chi connectivity index (χ1n) is 11.7. The molecule has 0 spiro atoms. The Morgan fingerprint density at radius 2 is 1.07 bits per heavy atom. The van der Waals surface area contributed by atoms with Crippen LogP contribution >= 0.6 is 0 Å². The van der Waals surface area contributed by atoms with E-state index in [0.717, 1.165) is 19.3 Å². The molecule has 6 N–H and O–H groups in total. The summed E-state index contributed by atoms with van der Waals surface area (Å²) in [5.74, 6) is -2.55. The van der Waals surface area contributed by atoms with Gasteiger partial charge in [-0.1, -0.05) is 96.8 Å². The number of carbonyl (C=O) groups is 3. The molecule has 1 atom stereocenters. The molecule has 0 fully saturated rings. The Bertz CT molecular complexity index is 443. The zero-order chi connectivity index (χ0) is 21.7. The van der Waals surface area contributed by atoms with Crippen LogP contribution in [0.1, 0.15) is 122 Å². The van der Waals surface area contributed by atoms with E-state index in [1.54, 1.807) is 0 Å². The average Bonchev–Trinajstić information content (AvgIpc) is 2.67. The largest absolute Gasteiger partial charge is 0.481 e. The van der Waals surface area contributed by atoms with Crippen LogP contribution in [0, 0.1) is 0 Å². The second-order valence-electron chi connectivity index (χ2n) is 8.09. The monoisotopic (exact) mass is 430 g/mol. The maximum atomic E-state index is 11.8. The molecule has 0 rings (SSSR count). The first kappa shape index (κ1) is 30.6. The second kappa shape index (κ2) is 22.1. The quantitative estimate of drug-likeness (QED) is 0.169. The number of carbonyl (C=O) groups excluding carboxylic acids is 1. The number of hydrogen-bond donors (Lipinski definition) is 4. The van der Waals surface area contributed by atoms with Crippen LogP contribution < -0.4 is 11.5 Å². The second-order valence-corrected chi connectivity index (χ2v) is 8.09. The summed E-state index contributed by atoms with van der Waals surface area (Å²) in [6, 6.07) is -1.12. The molecule has 0 bridgehead atoms. The summed E-state index contributed by atoms with van der Waals surface area (Å²) >= 11 is 0. The van der Waals surface area contributed by atoms with Gasteiger partial charge in [-0.15, -0.1) is 0 Å². The maximum absolute atomic E-state index is 11.8. The van der Waals surface area contributed by atoms with Crippen molar-refractivity contribution in [1.82, 2.24) is 11.5 Å². The van der Waals surface area contributed by atoms with Crippen molar-refractivity contribution < 1.29 is 24.6 Å². The van der Waals surface area contributed by atoms with Crippen molar-refractivity contribution >= 4 is 17.8 Å². The third kappa shape index (κ3) is 21.1. The van der Waals surface area contributed by atoms with Crippen molar-refractivity contribution in [2.45, 2.75) is 129 Å². The number of hydrogen-bond acceptors (Lipinski definition) is 4. The van der Waals surface area contributed by atoms with Gasteiger partial charge in [0.2, 0.25) is 5.91 Å². The van der Waals surface area contributed by atoms with E-state index in [1.807, 2.05) is 0 Å². The lowest BCUT2D eigenvalue weighted by Gasteiger charge is -2.13. The minimum Gasteiger partial charge on any atom is -0.481 e. The molecule has 0 heterocycles. The van der Waals surface area contributed by atoms with Crippen molar-refractivity contribution in [3.8, 4) is 0 Å². The van der Waals surface area contributed by atoms with Crippen molar-refractivity contribution in [2.75, 3.05) is 0 Å². The summed E-state index contributed by atoms with van der Waals surface area (Å²) in [6.45, 7) is 2.25. The topological polar surface area (TPSA) is 139 Å². The fourth-order valence-electron chi connectivity index (χ4n) is 3.45. The van der Waals surface area contributed by atoms with Gasteiger partial charge < -0.3 is 21.7 Å². The molecule has 0 aromatic heterocycles. The molecule has 0 radical (unpaired) electrons. The van der Waals surface area contributed by atoms with Crippen molar-refractivity contribution in [3.63, 3.8) is 0 Å². The van der Waals surface area contributed by atoms with Gasteiger partial charge in [0, 0.05) is 12.8 Å². The first-order chi connectivity index (χ1) is 14.0. The Labute approximate surface area is 183 Å². The highest BCUT2D eigenvalue weighted by molar-refractivity contribution is 5.83. The van der Waals surface area contributed by atoms with Crippen molar-refractivity contribution in [2.24, 2.45) is 0 Å². The molecule has 178 valence electrons. The highest BCUT2D eigenvalue weighted by Gasteiger charge is 2.20. The molecule has 0 aromatic rings. The molecule has 0 unspecified atom stereocenters. The third-order valence-corrected chi connectivity index (χ3v) is 5.29. The lowest BCUT2D eigenvalue weighted by Crippen LogP contribution is -2.41. The molecule has 0 aromatic carbocycles. The highest BCUT2D eigenvalue weighted by atomic mass is 16.4. The molecule has 0 saturated carbocycles. The van der Waals surface area contributed by atoms with Gasteiger partial charge in [-0.2, -0.15) is 0 Å². The molecule has 0 aliphatic heterocycles. The molecule has 7 heteroatoms. The Balaban J connectivity index is 0. The average molecular weight is 431 g/mol. The minimum atomic E-state index is -1.18. The van der Waals surface area contributed by atoms with E-state index in [1.165, 1.54) is 77.0 Å². The van der Waals surface area contributed by atoms with Gasteiger partial charge in [-0.05, 0) is 12.8 Å². The van der Waals surface area contributed by atoms with E-state index in [4.69, 9.17) is 10.2 Å². The fourth-order valence-corrected chi connectivity index (χ4v) is 3.45. The fraction of sp³-hybridized carbons (Fsp3) is 0.870. The summed E-state index contributed by atoms with van der Waals surface area (Å²) in [4.78, 5) is 33.4. The molecular weight excluding hydrogens is 384 g/mol. The van der Waals surface area contributed by atoms with Crippen LogP contribution in [-0.2, 0) is 14.4 Å². The maximum Gasteiger partial charge on any atom is 0.326 e. The predicted molar refractivity (Wildman–Crippen MR) is 121 cm³/mol. The summed E-state index contributed by atoms with van der Waals surface area (Å²) in [5, 5.41) is 20.1. The van der Waals surface area contributed by atoms with Crippen LogP contribution in [0.25, 0.3) is 0 Å². The van der Waals surface area contributed by atoms with E-state index >= 15 is 0 Å². The van der Waals surface area contributed by atoms with Gasteiger partial charge in [0.05, 0.1) is 0 Å². The number of aliphatic carboxylic acids is 2. The lowest BCUT2D eigenvalue weighted by atomic mass is 10.0. The van der Waals surface area contributed by atoms with Crippen LogP contribution in [-0.4, -0.2) is 34.1 Å². The molecule has 30 heavy (non-hydrogen) atoms. The van der Waals surface area contributed by atoms with Gasteiger partial charge >= 0.3 is 11.9 Å². The smallest absolute Gasteiger partial charge is 0.326 e. The van der Waals surface area contributed by atoms with Gasteiger partial charge in [-0.25, -0.2) is 4.79 Å². The van der Waals surface area contributed by atoms with Crippen molar-refractivity contribution in [1.29, 1.82) is 0 Å². The SMILES string of the molecule is CCCCCCCCCCCCCCCCCC(=O)N[C@@H](CCC(=O)O)C(=O)O.N.